The van der Waals surface area contributed by atoms with E-state index in [-0.39, 0.29) is 12.5 Å². The SMILES string of the molecule is CCCCCCCCCCCCCCCCN(CCCCCCCCCCCCCCCC)C(=O)CO. The van der Waals surface area contributed by atoms with Gasteiger partial charge in [-0.25, -0.2) is 0 Å². The van der Waals surface area contributed by atoms with Gasteiger partial charge in [-0.3, -0.25) is 4.79 Å². The lowest BCUT2D eigenvalue weighted by molar-refractivity contribution is -0.134. The van der Waals surface area contributed by atoms with Crippen LogP contribution in [0.3, 0.4) is 0 Å². The predicted molar refractivity (Wildman–Crippen MR) is 164 cm³/mol. The summed E-state index contributed by atoms with van der Waals surface area (Å²) in [6.45, 7) is 5.89. The summed E-state index contributed by atoms with van der Waals surface area (Å²) in [6.07, 6.45) is 38.0. The molecule has 0 aliphatic carbocycles. The second kappa shape index (κ2) is 31.6. The Balaban J connectivity index is 3.51. The molecule has 0 aliphatic rings. The lowest BCUT2D eigenvalue weighted by Gasteiger charge is -2.22. The molecule has 0 bridgehead atoms. The number of nitrogens with zero attached hydrogens (tertiary/aromatic N) is 1. The van der Waals surface area contributed by atoms with Crippen LogP contribution in [0.15, 0.2) is 0 Å². The topological polar surface area (TPSA) is 40.5 Å². The number of hydrogen-bond acceptors (Lipinski definition) is 2. The van der Waals surface area contributed by atoms with Gasteiger partial charge >= 0.3 is 0 Å². The summed E-state index contributed by atoms with van der Waals surface area (Å²) in [5.74, 6) is -0.0793. The summed E-state index contributed by atoms with van der Waals surface area (Å²) in [5, 5.41) is 9.34. The normalized spacial score (nSPS) is 11.3. The zero-order chi connectivity index (χ0) is 27.1. The van der Waals surface area contributed by atoms with Crippen LogP contribution >= 0.6 is 0 Å². The van der Waals surface area contributed by atoms with Gasteiger partial charge in [0.15, 0.2) is 0 Å². The average Bonchev–Trinajstić information content (AvgIpc) is 2.91. The quantitative estimate of drug-likeness (QED) is 0.0918. The average molecular weight is 524 g/mol. The van der Waals surface area contributed by atoms with Gasteiger partial charge in [0.25, 0.3) is 0 Å². The minimum absolute atomic E-state index is 0.0793. The van der Waals surface area contributed by atoms with Crippen LogP contribution in [-0.4, -0.2) is 35.6 Å². The van der Waals surface area contributed by atoms with E-state index in [0.717, 1.165) is 25.9 Å². The maximum Gasteiger partial charge on any atom is 0.248 e. The smallest absolute Gasteiger partial charge is 0.248 e. The van der Waals surface area contributed by atoms with Crippen LogP contribution in [-0.2, 0) is 4.79 Å². The molecular weight excluding hydrogens is 454 g/mol. The number of carbonyl (C=O) groups is 1. The van der Waals surface area contributed by atoms with Gasteiger partial charge in [-0.2, -0.15) is 0 Å². The first-order valence-corrected chi connectivity index (χ1v) is 17.1. The molecule has 0 aromatic rings. The van der Waals surface area contributed by atoms with Crippen LogP contribution in [0, 0.1) is 0 Å². The number of amides is 1. The number of rotatable bonds is 31. The van der Waals surface area contributed by atoms with E-state index in [0.29, 0.717) is 0 Å². The Labute approximate surface area is 233 Å². The molecule has 0 aromatic carbocycles. The molecular formula is C34H69NO2. The van der Waals surface area contributed by atoms with Crippen molar-refractivity contribution in [3.63, 3.8) is 0 Å². The first-order chi connectivity index (χ1) is 18.3. The Morgan fingerprint density at radius 3 is 0.838 bits per heavy atom. The van der Waals surface area contributed by atoms with Gasteiger partial charge in [-0.1, -0.05) is 181 Å². The third kappa shape index (κ3) is 28.3. The molecule has 0 aromatic heterocycles. The van der Waals surface area contributed by atoms with Crippen molar-refractivity contribution >= 4 is 5.91 Å². The van der Waals surface area contributed by atoms with Crippen LogP contribution in [0.4, 0.5) is 0 Å². The predicted octanol–water partition coefficient (Wildman–Crippen LogP) is 10.8. The van der Waals surface area contributed by atoms with Crippen molar-refractivity contribution in [2.24, 2.45) is 0 Å². The number of hydrogen-bond donors (Lipinski definition) is 1. The molecule has 1 N–H and O–H groups in total. The van der Waals surface area contributed by atoms with Crippen molar-refractivity contribution in [2.45, 2.75) is 194 Å². The van der Waals surface area contributed by atoms with E-state index < -0.39 is 0 Å². The van der Waals surface area contributed by atoms with Gasteiger partial charge in [-0.15, -0.1) is 0 Å². The first-order valence-electron chi connectivity index (χ1n) is 17.1. The van der Waals surface area contributed by atoms with Crippen molar-refractivity contribution in [1.29, 1.82) is 0 Å². The van der Waals surface area contributed by atoms with Gasteiger partial charge in [0.05, 0.1) is 0 Å². The third-order valence-electron chi connectivity index (χ3n) is 8.05. The van der Waals surface area contributed by atoms with Crippen LogP contribution < -0.4 is 0 Å². The fourth-order valence-electron chi connectivity index (χ4n) is 5.46. The molecule has 0 saturated heterocycles. The molecule has 1 amide bonds. The molecule has 3 heteroatoms. The summed E-state index contributed by atoms with van der Waals surface area (Å²) in [6, 6.07) is 0. The lowest BCUT2D eigenvalue weighted by atomic mass is 10.0. The van der Waals surface area contributed by atoms with Crippen LogP contribution in [0.25, 0.3) is 0 Å². The number of aliphatic hydroxyl groups excluding tert-OH is 1. The molecule has 0 fully saturated rings. The summed E-state index contributed by atoms with van der Waals surface area (Å²) >= 11 is 0. The Morgan fingerprint density at radius 1 is 0.405 bits per heavy atom. The number of unbranched alkanes of at least 4 members (excludes halogenated alkanes) is 26. The standard InChI is InChI=1S/C34H69NO2/c1-3-5-7-9-11-13-15-17-19-21-23-25-27-29-31-35(34(37)33-36)32-30-28-26-24-22-20-18-16-14-12-10-8-6-4-2/h36H,3-33H2,1-2H3. The first kappa shape index (κ1) is 36.4. The van der Waals surface area contributed by atoms with Crippen molar-refractivity contribution in [2.75, 3.05) is 19.7 Å². The zero-order valence-corrected chi connectivity index (χ0v) is 25.7. The second-order valence-electron chi connectivity index (χ2n) is 11.7. The Bertz CT molecular complexity index is 408. The Morgan fingerprint density at radius 2 is 0.622 bits per heavy atom. The van der Waals surface area contributed by atoms with Crippen molar-refractivity contribution in [3.8, 4) is 0 Å². The summed E-state index contributed by atoms with van der Waals surface area (Å²) in [4.78, 5) is 14.0. The van der Waals surface area contributed by atoms with Gasteiger partial charge in [-0.05, 0) is 12.8 Å². The molecule has 0 rings (SSSR count). The van der Waals surface area contributed by atoms with E-state index in [1.165, 1.54) is 167 Å². The molecule has 3 nitrogen and oxygen atoms in total. The van der Waals surface area contributed by atoms with Gasteiger partial charge in [0.1, 0.15) is 6.61 Å². The summed E-state index contributed by atoms with van der Waals surface area (Å²) in [7, 11) is 0. The number of carbonyl (C=O) groups excluding carboxylic acids is 1. The van der Waals surface area contributed by atoms with Gasteiger partial charge in [0, 0.05) is 13.1 Å². The molecule has 0 atom stereocenters. The highest BCUT2D eigenvalue weighted by atomic mass is 16.3. The minimum Gasteiger partial charge on any atom is -0.387 e. The fraction of sp³-hybridized carbons (Fsp3) is 0.971. The largest absolute Gasteiger partial charge is 0.387 e. The van der Waals surface area contributed by atoms with Crippen molar-refractivity contribution in [1.82, 2.24) is 4.90 Å². The number of aliphatic hydroxyl groups is 1. The summed E-state index contributed by atoms with van der Waals surface area (Å²) in [5.41, 5.74) is 0. The van der Waals surface area contributed by atoms with Gasteiger partial charge < -0.3 is 10.0 Å². The Kier molecular flexibility index (Phi) is 31.2. The van der Waals surface area contributed by atoms with Crippen LogP contribution in [0.5, 0.6) is 0 Å². The van der Waals surface area contributed by atoms with Gasteiger partial charge in [0.2, 0.25) is 5.91 Å². The zero-order valence-electron chi connectivity index (χ0n) is 25.7. The lowest BCUT2D eigenvalue weighted by Crippen LogP contribution is -2.35. The molecule has 222 valence electrons. The molecule has 0 spiro atoms. The summed E-state index contributed by atoms with van der Waals surface area (Å²) < 4.78 is 0. The van der Waals surface area contributed by atoms with E-state index in [4.69, 9.17) is 0 Å². The third-order valence-corrected chi connectivity index (χ3v) is 8.05. The van der Waals surface area contributed by atoms with E-state index in [9.17, 15) is 9.90 Å². The molecule has 0 saturated carbocycles. The van der Waals surface area contributed by atoms with Crippen LogP contribution in [0.2, 0.25) is 0 Å². The van der Waals surface area contributed by atoms with E-state index in [2.05, 4.69) is 13.8 Å². The second-order valence-corrected chi connectivity index (χ2v) is 11.7. The van der Waals surface area contributed by atoms with Crippen molar-refractivity contribution in [3.05, 3.63) is 0 Å². The molecule has 0 radical (unpaired) electrons. The highest BCUT2D eigenvalue weighted by Crippen LogP contribution is 2.15. The Hall–Kier alpha value is -0.570. The maximum atomic E-state index is 12.1. The minimum atomic E-state index is -0.336. The molecule has 0 aliphatic heterocycles. The monoisotopic (exact) mass is 524 g/mol. The van der Waals surface area contributed by atoms with E-state index >= 15 is 0 Å². The van der Waals surface area contributed by atoms with E-state index in [1.807, 2.05) is 4.90 Å². The highest BCUT2D eigenvalue weighted by Gasteiger charge is 2.11. The highest BCUT2D eigenvalue weighted by molar-refractivity contribution is 5.77. The van der Waals surface area contributed by atoms with E-state index in [1.54, 1.807) is 0 Å². The molecule has 0 heterocycles. The van der Waals surface area contributed by atoms with Crippen LogP contribution in [0.1, 0.15) is 194 Å². The van der Waals surface area contributed by atoms with Crippen molar-refractivity contribution < 1.29 is 9.90 Å². The fourth-order valence-corrected chi connectivity index (χ4v) is 5.46. The maximum absolute atomic E-state index is 12.1. The molecule has 37 heavy (non-hydrogen) atoms. The molecule has 0 unspecified atom stereocenters.